The largest absolute Gasteiger partial charge is 0.482 e. The summed E-state index contributed by atoms with van der Waals surface area (Å²) >= 11 is 0. The zero-order valence-electron chi connectivity index (χ0n) is 14.7. The number of nitrogens with one attached hydrogen (secondary N) is 1. The number of H-pyrrole nitrogens is 1. The van der Waals surface area contributed by atoms with E-state index in [1.54, 1.807) is 6.08 Å². The minimum absolute atomic E-state index is 0.0236. The van der Waals surface area contributed by atoms with Crippen LogP contribution in [0.4, 0.5) is 0 Å². The second-order valence-corrected chi connectivity index (χ2v) is 6.25. The number of aromatic amines is 1. The number of hydrogen-bond donors (Lipinski definition) is 3. The Hall–Kier alpha value is -2.68. The molecule has 144 valence electrons. The van der Waals surface area contributed by atoms with Crippen LogP contribution in [-0.2, 0) is 11.2 Å². The number of ether oxygens (including phenoxy) is 2. The summed E-state index contributed by atoms with van der Waals surface area (Å²) < 4.78 is 12.1. The summed E-state index contributed by atoms with van der Waals surface area (Å²) in [6.07, 6.45) is 3.44. The average Bonchev–Trinajstić information content (AvgIpc) is 3.04. The van der Waals surface area contributed by atoms with Crippen LogP contribution < -0.4 is 16.0 Å². The third-order valence-corrected chi connectivity index (χ3v) is 4.33. The molecule has 27 heavy (non-hydrogen) atoms. The van der Waals surface area contributed by atoms with E-state index in [0.29, 0.717) is 0 Å². The highest BCUT2D eigenvalue weighted by molar-refractivity contribution is 5.18. The van der Waals surface area contributed by atoms with E-state index in [1.165, 1.54) is 6.20 Å². The average molecular weight is 374 g/mol. The van der Waals surface area contributed by atoms with Gasteiger partial charge in [0, 0.05) is 6.42 Å². The lowest BCUT2D eigenvalue weighted by molar-refractivity contribution is -0.0461. The van der Waals surface area contributed by atoms with Crippen LogP contribution in [0.3, 0.4) is 0 Å². The summed E-state index contributed by atoms with van der Waals surface area (Å²) in [6, 6.07) is 9.91. The summed E-state index contributed by atoms with van der Waals surface area (Å²) in [7, 11) is 0. The molecule has 1 fully saturated rings. The van der Waals surface area contributed by atoms with Gasteiger partial charge < -0.3 is 19.7 Å². The van der Waals surface area contributed by atoms with Crippen molar-refractivity contribution in [3.63, 3.8) is 0 Å². The fourth-order valence-electron chi connectivity index (χ4n) is 2.87. The molecule has 8 heteroatoms. The fourth-order valence-corrected chi connectivity index (χ4v) is 2.87. The van der Waals surface area contributed by atoms with Crippen molar-refractivity contribution in [3.8, 4) is 5.75 Å². The maximum Gasteiger partial charge on any atom is 0.330 e. The van der Waals surface area contributed by atoms with Crippen molar-refractivity contribution in [2.75, 3.05) is 13.2 Å². The van der Waals surface area contributed by atoms with Gasteiger partial charge in [-0.1, -0.05) is 42.5 Å². The molecule has 0 radical (unpaired) electrons. The van der Waals surface area contributed by atoms with Crippen LogP contribution in [0.15, 0.2) is 58.3 Å². The quantitative estimate of drug-likeness (QED) is 0.603. The van der Waals surface area contributed by atoms with Crippen molar-refractivity contribution >= 4 is 0 Å². The van der Waals surface area contributed by atoms with Crippen LogP contribution in [-0.4, -0.2) is 45.2 Å². The molecular weight excluding hydrogens is 352 g/mol. The lowest BCUT2D eigenvalue weighted by Gasteiger charge is -2.15. The van der Waals surface area contributed by atoms with Gasteiger partial charge in [0.25, 0.3) is 5.56 Å². The van der Waals surface area contributed by atoms with Gasteiger partial charge in [-0.3, -0.25) is 14.3 Å². The molecule has 3 N–H and O–H groups in total. The topological polar surface area (TPSA) is 114 Å². The Kier molecular flexibility index (Phi) is 6.23. The SMILES string of the molecule is O=c1[nH]c(=O)n([C@@H]2C[C@@H](O)[C@H](CO)O2)cc1OC/C=C/Cc1ccccc1. The van der Waals surface area contributed by atoms with Crippen LogP contribution in [0.5, 0.6) is 5.75 Å². The van der Waals surface area contributed by atoms with Crippen LogP contribution in [0.25, 0.3) is 0 Å². The minimum Gasteiger partial charge on any atom is -0.482 e. The number of benzene rings is 1. The molecule has 0 bridgehead atoms. The van der Waals surface area contributed by atoms with E-state index in [-0.39, 0.29) is 25.4 Å². The van der Waals surface area contributed by atoms with Crippen molar-refractivity contribution in [1.82, 2.24) is 9.55 Å². The normalized spacial score (nSPS) is 22.4. The first-order chi connectivity index (χ1) is 13.1. The van der Waals surface area contributed by atoms with Crippen molar-refractivity contribution < 1.29 is 19.7 Å². The molecule has 1 saturated heterocycles. The minimum atomic E-state index is -0.885. The Balaban J connectivity index is 1.64. The van der Waals surface area contributed by atoms with Gasteiger partial charge in [-0.25, -0.2) is 4.79 Å². The van der Waals surface area contributed by atoms with E-state index in [4.69, 9.17) is 14.6 Å². The maximum absolute atomic E-state index is 12.0. The van der Waals surface area contributed by atoms with Crippen LogP contribution >= 0.6 is 0 Å². The zero-order chi connectivity index (χ0) is 19.2. The Morgan fingerprint density at radius 3 is 2.74 bits per heavy atom. The van der Waals surface area contributed by atoms with Crippen LogP contribution in [0.1, 0.15) is 18.2 Å². The summed E-state index contributed by atoms with van der Waals surface area (Å²) in [6.45, 7) is -0.188. The van der Waals surface area contributed by atoms with Gasteiger partial charge in [-0.2, -0.15) is 0 Å². The molecule has 0 aliphatic carbocycles. The maximum atomic E-state index is 12.0. The first-order valence-electron chi connectivity index (χ1n) is 8.70. The number of aliphatic hydroxyl groups excluding tert-OH is 2. The monoisotopic (exact) mass is 374 g/mol. The lowest BCUT2D eigenvalue weighted by atomic mass is 10.1. The van der Waals surface area contributed by atoms with E-state index >= 15 is 0 Å². The first-order valence-corrected chi connectivity index (χ1v) is 8.70. The standard InChI is InChI=1S/C19H22N2O6/c22-12-16-14(23)10-17(27-16)21-11-15(18(24)20-19(21)25)26-9-5-4-8-13-6-2-1-3-7-13/h1-7,11,14,16-17,22-23H,8-10,12H2,(H,20,24,25)/b5-4+/t14-,16+,17+/m1/s1. The highest BCUT2D eigenvalue weighted by Crippen LogP contribution is 2.27. The molecule has 1 aliphatic rings. The highest BCUT2D eigenvalue weighted by Gasteiger charge is 2.35. The molecule has 0 unspecified atom stereocenters. The smallest absolute Gasteiger partial charge is 0.330 e. The number of allylic oxidation sites excluding steroid dienone is 1. The predicted molar refractivity (Wildman–Crippen MR) is 97.7 cm³/mol. The molecule has 0 spiro atoms. The van der Waals surface area contributed by atoms with Gasteiger partial charge in [-0.05, 0) is 12.0 Å². The van der Waals surface area contributed by atoms with Crippen molar-refractivity contribution in [1.29, 1.82) is 0 Å². The van der Waals surface area contributed by atoms with Gasteiger partial charge >= 0.3 is 5.69 Å². The van der Waals surface area contributed by atoms with Gasteiger partial charge in [0.05, 0.1) is 18.9 Å². The summed E-state index contributed by atoms with van der Waals surface area (Å²) in [5.74, 6) is -0.0236. The molecule has 3 rings (SSSR count). The van der Waals surface area contributed by atoms with Gasteiger partial charge in [0.2, 0.25) is 5.75 Å². The highest BCUT2D eigenvalue weighted by atomic mass is 16.5. The zero-order valence-corrected chi connectivity index (χ0v) is 14.7. The van der Waals surface area contributed by atoms with Crippen LogP contribution in [0.2, 0.25) is 0 Å². The molecule has 1 aliphatic heterocycles. The van der Waals surface area contributed by atoms with Crippen molar-refractivity contribution in [2.24, 2.45) is 0 Å². The predicted octanol–water partition coefficient (Wildman–Crippen LogP) is 0.355. The van der Waals surface area contributed by atoms with E-state index < -0.39 is 29.7 Å². The Bertz CT molecular complexity index is 889. The van der Waals surface area contributed by atoms with Gasteiger partial charge in [-0.15, -0.1) is 0 Å². The first kappa shape index (κ1) is 19.1. The number of nitrogens with zero attached hydrogens (tertiary/aromatic N) is 1. The molecule has 8 nitrogen and oxygen atoms in total. The molecule has 3 atom stereocenters. The number of aliphatic hydroxyl groups is 2. The Morgan fingerprint density at radius 1 is 1.26 bits per heavy atom. The van der Waals surface area contributed by atoms with E-state index in [2.05, 4.69) is 4.98 Å². The second-order valence-electron chi connectivity index (χ2n) is 6.25. The van der Waals surface area contributed by atoms with E-state index in [1.807, 2.05) is 36.4 Å². The molecular formula is C19H22N2O6. The molecule has 2 aromatic rings. The third-order valence-electron chi connectivity index (χ3n) is 4.33. The molecule has 1 aromatic carbocycles. The summed E-state index contributed by atoms with van der Waals surface area (Å²) in [5.41, 5.74) is -0.136. The van der Waals surface area contributed by atoms with Crippen LogP contribution in [0, 0.1) is 0 Å². The molecule has 0 amide bonds. The van der Waals surface area contributed by atoms with Crippen molar-refractivity contribution in [3.05, 3.63) is 75.1 Å². The van der Waals surface area contributed by atoms with E-state index in [0.717, 1.165) is 16.6 Å². The fraction of sp³-hybridized carbons (Fsp3) is 0.368. The van der Waals surface area contributed by atoms with Gasteiger partial charge in [0.15, 0.2) is 0 Å². The summed E-state index contributed by atoms with van der Waals surface area (Å²) in [4.78, 5) is 26.1. The second kappa shape index (κ2) is 8.81. The van der Waals surface area contributed by atoms with Gasteiger partial charge in [0.1, 0.15) is 18.9 Å². The number of hydrogen-bond acceptors (Lipinski definition) is 6. The van der Waals surface area contributed by atoms with Crippen molar-refractivity contribution in [2.45, 2.75) is 31.3 Å². The summed E-state index contributed by atoms with van der Waals surface area (Å²) in [5, 5.41) is 19.0. The molecule has 2 heterocycles. The number of aromatic nitrogens is 2. The van der Waals surface area contributed by atoms with E-state index in [9.17, 15) is 14.7 Å². The molecule has 1 aromatic heterocycles. The third kappa shape index (κ3) is 4.73. The molecule has 0 saturated carbocycles. The number of rotatable bonds is 7. The Morgan fingerprint density at radius 2 is 2.04 bits per heavy atom. The Labute approximate surface area is 155 Å². The lowest BCUT2D eigenvalue weighted by Crippen LogP contribution is -2.33.